The van der Waals surface area contributed by atoms with Gasteiger partial charge in [0.05, 0.1) is 44.0 Å². The highest BCUT2D eigenvalue weighted by atomic mass is 16.5. The third kappa shape index (κ3) is 3.31. The van der Waals surface area contributed by atoms with Crippen molar-refractivity contribution >= 4 is 17.3 Å². The number of carbonyl (C=O) groups is 1. The van der Waals surface area contributed by atoms with E-state index in [1.807, 2.05) is 42.5 Å². The summed E-state index contributed by atoms with van der Waals surface area (Å²) in [5.74, 6) is 1.83. The molecule has 0 saturated heterocycles. The number of nitrogens with one attached hydrogen (secondary N) is 1. The lowest BCUT2D eigenvalue weighted by Gasteiger charge is -2.27. The van der Waals surface area contributed by atoms with Gasteiger partial charge >= 0.3 is 0 Å². The number of anilines is 2. The van der Waals surface area contributed by atoms with E-state index in [4.69, 9.17) is 14.2 Å². The average Bonchev–Trinajstić information content (AvgIpc) is 3.05. The summed E-state index contributed by atoms with van der Waals surface area (Å²) in [6.07, 6.45) is 1.16. The van der Waals surface area contributed by atoms with Crippen molar-refractivity contribution in [2.45, 2.75) is 6.17 Å². The van der Waals surface area contributed by atoms with Crippen LogP contribution in [0.5, 0.6) is 17.2 Å². The van der Waals surface area contributed by atoms with E-state index in [2.05, 4.69) is 10.3 Å². The Morgan fingerprint density at radius 3 is 2.48 bits per heavy atom. The zero-order chi connectivity index (χ0) is 20.4. The number of hydrogen-bond acceptors (Lipinski definition) is 6. The predicted molar refractivity (Wildman–Crippen MR) is 110 cm³/mol. The Bertz CT molecular complexity index is 1050. The van der Waals surface area contributed by atoms with Gasteiger partial charge in [-0.05, 0) is 36.4 Å². The average molecular weight is 391 g/mol. The van der Waals surface area contributed by atoms with Crippen LogP contribution in [0.25, 0.3) is 0 Å². The Morgan fingerprint density at radius 2 is 1.72 bits per heavy atom. The van der Waals surface area contributed by atoms with Crippen LogP contribution in [-0.4, -0.2) is 32.2 Å². The molecule has 2 aromatic carbocycles. The molecule has 1 aliphatic heterocycles. The van der Waals surface area contributed by atoms with Gasteiger partial charge in [0.2, 0.25) is 0 Å². The number of aromatic nitrogens is 1. The Balaban J connectivity index is 1.81. The molecule has 1 aromatic heterocycles. The van der Waals surface area contributed by atoms with Crippen LogP contribution in [0, 0.1) is 0 Å². The van der Waals surface area contributed by atoms with Gasteiger partial charge in [0.15, 0.2) is 6.17 Å². The van der Waals surface area contributed by atoms with Gasteiger partial charge in [-0.25, -0.2) is 0 Å². The van der Waals surface area contributed by atoms with Crippen molar-refractivity contribution in [3.05, 3.63) is 72.1 Å². The van der Waals surface area contributed by atoms with Crippen molar-refractivity contribution in [2.75, 3.05) is 31.5 Å². The van der Waals surface area contributed by atoms with Crippen LogP contribution >= 0.6 is 0 Å². The largest absolute Gasteiger partial charge is 0.497 e. The van der Waals surface area contributed by atoms with Gasteiger partial charge in [0, 0.05) is 18.3 Å². The van der Waals surface area contributed by atoms with Gasteiger partial charge in [-0.15, -0.1) is 0 Å². The van der Waals surface area contributed by atoms with Crippen molar-refractivity contribution in [2.24, 2.45) is 0 Å². The van der Waals surface area contributed by atoms with Gasteiger partial charge in [0.25, 0.3) is 5.91 Å². The van der Waals surface area contributed by atoms with E-state index in [9.17, 15) is 4.79 Å². The molecule has 0 bridgehead atoms. The third-order valence-corrected chi connectivity index (χ3v) is 4.84. The van der Waals surface area contributed by atoms with E-state index in [0.29, 0.717) is 39.9 Å². The van der Waals surface area contributed by atoms with Crippen molar-refractivity contribution in [1.29, 1.82) is 0 Å². The number of benzene rings is 2. The molecule has 0 fully saturated rings. The molecule has 7 nitrogen and oxygen atoms in total. The highest BCUT2D eigenvalue weighted by molar-refractivity contribution is 6.11. The maximum Gasteiger partial charge on any atom is 0.262 e. The van der Waals surface area contributed by atoms with Crippen molar-refractivity contribution in [3.8, 4) is 17.2 Å². The smallest absolute Gasteiger partial charge is 0.262 e. The molecule has 0 saturated carbocycles. The summed E-state index contributed by atoms with van der Waals surface area (Å²) in [5, 5.41) is 3.40. The van der Waals surface area contributed by atoms with E-state index in [0.717, 1.165) is 0 Å². The maximum absolute atomic E-state index is 13.2. The molecular formula is C22H21N3O4. The fourth-order valence-electron chi connectivity index (χ4n) is 3.42. The minimum Gasteiger partial charge on any atom is -0.497 e. The number of amides is 1. The molecule has 29 heavy (non-hydrogen) atoms. The SMILES string of the molecule is COc1cccc(N2C(=O)c3cccnc3[C@H]2Nc2cc(OC)ccc2OC)c1. The van der Waals surface area contributed by atoms with Crippen LogP contribution in [0.4, 0.5) is 11.4 Å². The molecule has 7 heteroatoms. The van der Waals surface area contributed by atoms with Crippen LogP contribution < -0.4 is 24.4 Å². The van der Waals surface area contributed by atoms with Crippen LogP contribution in [0.1, 0.15) is 22.2 Å². The lowest BCUT2D eigenvalue weighted by atomic mass is 10.2. The van der Waals surface area contributed by atoms with E-state index in [1.165, 1.54) is 0 Å². The van der Waals surface area contributed by atoms with Crippen LogP contribution in [0.3, 0.4) is 0 Å². The highest BCUT2D eigenvalue weighted by Gasteiger charge is 2.39. The summed E-state index contributed by atoms with van der Waals surface area (Å²) in [6, 6.07) is 16.4. The van der Waals surface area contributed by atoms with E-state index >= 15 is 0 Å². The lowest BCUT2D eigenvalue weighted by Crippen LogP contribution is -2.32. The number of rotatable bonds is 6. The normalized spacial score (nSPS) is 15.1. The summed E-state index contributed by atoms with van der Waals surface area (Å²) in [6.45, 7) is 0. The second-order valence-electron chi connectivity index (χ2n) is 6.43. The van der Waals surface area contributed by atoms with Gasteiger partial charge in [-0.1, -0.05) is 6.07 Å². The summed E-state index contributed by atoms with van der Waals surface area (Å²) < 4.78 is 16.2. The minimum atomic E-state index is -0.521. The topological polar surface area (TPSA) is 72.9 Å². The minimum absolute atomic E-state index is 0.138. The summed E-state index contributed by atoms with van der Waals surface area (Å²) in [4.78, 5) is 19.4. The second kappa shape index (κ2) is 7.71. The van der Waals surface area contributed by atoms with Gasteiger partial charge in [0.1, 0.15) is 17.2 Å². The first kappa shape index (κ1) is 18.6. The Morgan fingerprint density at radius 1 is 0.931 bits per heavy atom. The molecule has 0 radical (unpaired) electrons. The molecule has 2 heterocycles. The lowest BCUT2D eigenvalue weighted by molar-refractivity contribution is 0.0993. The number of ether oxygens (including phenoxy) is 3. The number of carbonyl (C=O) groups excluding carboxylic acids is 1. The molecule has 0 aliphatic carbocycles. The fourth-order valence-corrected chi connectivity index (χ4v) is 3.42. The molecule has 1 amide bonds. The van der Waals surface area contributed by atoms with Gasteiger partial charge < -0.3 is 19.5 Å². The molecule has 1 aliphatic rings. The Labute approximate surface area is 168 Å². The van der Waals surface area contributed by atoms with Crippen LogP contribution in [0.15, 0.2) is 60.8 Å². The number of methoxy groups -OCH3 is 3. The number of nitrogens with zero attached hydrogens (tertiary/aromatic N) is 2. The van der Waals surface area contributed by atoms with Crippen LogP contribution in [-0.2, 0) is 0 Å². The molecule has 3 aromatic rings. The van der Waals surface area contributed by atoms with Crippen molar-refractivity contribution in [3.63, 3.8) is 0 Å². The molecule has 148 valence electrons. The fraction of sp³-hybridized carbons (Fsp3) is 0.182. The maximum atomic E-state index is 13.2. The monoisotopic (exact) mass is 391 g/mol. The summed E-state index contributed by atoms with van der Waals surface area (Å²) >= 11 is 0. The van der Waals surface area contributed by atoms with Crippen molar-refractivity contribution in [1.82, 2.24) is 4.98 Å². The highest BCUT2D eigenvalue weighted by Crippen LogP contribution is 2.40. The van der Waals surface area contributed by atoms with E-state index in [-0.39, 0.29) is 5.91 Å². The number of hydrogen-bond donors (Lipinski definition) is 1. The van der Waals surface area contributed by atoms with Gasteiger partial charge in [-0.2, -0.15) is 0 Å². The number of pyridine rings is 1. The quantitative estimate of drug-likeness (QED) is 0.688. The molecule has 0 unspecified atom stereocenters. The predicted octanol–water partition coefficient (Wildman–Crippen LogP) is 3.88. The Kier molecular flexibility index (Phi) is 4.95. The van der Waals surface area contributed by atoms with Crippen molar-refractivity contribution < 1.29 is 19.0 Å². The van der Waals surface area contributed by atoms with E-state index in [1.54, 1.807) is 44.6 Å². The Hall–Kier alpha value is -3.74. The molecule has 1 N–H and O–H groups in total. The summed E-state index contributed by atoms with van der Waals surface area (Å²) in [5.41, 5.74) is 2.59. The number of fused-ring (bicyclic) bond motifs is 1. The zero-order valence-corrected chi connectivity index (χ0v) is 16.4. The molecule has 1 atom stereocenters. The molecular weight excluding hydrogens is 370 g/mol. The molecule has 4 rings (SSSR count). The van der Waals surface area contributed by atoms with Gasteiger partial charge in [-0.3, -0.25) is 14.7 Å². The first-order valence-corrected chi connectivity index (χ1v) is 9.07. The standard InChI is InChI=1S/C22H21N3O4/c1-27-15-7-4-6-14(12-15)25-21(20-17(22(25)26)8-5-11-23-20)24-18-13-16(28-2)9-10-19(18)29-3/h4-13,21,24H,1-3H3/t21-/m0/s1. The second-order valence-corrected chi connectivity index (χ2v) is 6.43. The van der Waals surface area contributed by atoms with Crippen LogP contribution in [0.2, 0.25) is 0 Å². The van der Waals surface area contributed by atoms with E-state index < -0.39 is 6.17 Å². The third-order valence-electron chi connectivity index (χ3n) is 4.84. The molecule has 0 spiro atoms. The first-order chi connectivity index (χ1) is 14.2. The summed E-state index contributed by atoms with van der Waals surface area (Å²) in [7, 11) is 4.79. The zero-order valence-electron chi connectivity index (χ0n) is 16.4. The first-order valence-electron chi connectivity index (χ1n) is 9.07.